The molecule has 8 heteroatoms. The molecule has 0 atom stereocenters. The van der Waals surface area contributed by atoms with E-state index in [1.807, 2.05) is 18.2 Å². The summed E-state index contributed by atoms with van der Waals surface area (Å²) in [7, 11) is 0. The molecule has 2 aromatic carbocycles. The minimum Gasteiger partial charge on any atom is -0.366 e. The van der Waals surface area contributed by atoms with E-state index in [2.05, 4.69) is 20.6 Å². The average molecular weight is 413 g/mol. The molecule has 154 valence electrons. The van der Waals surface area contributed by atoms with E-state index in [1.165, 1.54) is 12.1 Å². The summed E-state index contributed by atoms with van der Waals surface area (Å²) in [5.41, 5.74) is 8.31. The Morgan fingerprint density at radius 1 is 0.903 bits per heavy atom. The highest BCUT2D eigenvalue weighted by Gasteiger charge is 2.10. The summed E-state index contributed by atoms with van der Waals surface area (Å²) < 4.78 is 0. The van der Waals surface area contributed by atoms with E-state index in [-0.39, 0.29) is 18.4 Å². The largest absolute Gasteiger partial charge is 0.366 e. The molecule has 2 aromatic heterocycles. The quantitative estimate of drug-likeness (QED) is 0.387. The Morgan fingerprint density at radius 2 is 1.68 bits per heavy atom. The first-order valence-electron chi connectivity index (χ1n) is 9.52. The normalized spacial score (nSPS) is 10.6. The van der Waals surface area contributed by atoms with Crippen LogP contribution in [0.15, 0.2) is 72.9 Å². The second-order valence-electron chi connectivity index (χ2n) is 6.89. The molecule has 0 unspecified atom stereocenters. The summed E-state index contributed by atoms with van der Waals surface area (Å²) in [5, 5.41) is 6.56. The number of primary amides is 1. The smallest absolute Gasteiger partial charge is 0.274 e. The van der Waals surface area contributed by atoms with Crippen molar-refractivity contribution in [1.82, 2.24) is 15.3 Å². The second kappa shape index (κ2) is 8.50. The molecule has 0 aliphatic rings. The number of rotatable bonds is 6. The van der Waals surface area contributed by atoms with Crippen molar-refractivity contribution in [2.75, 3.05) is 5.32 Å². The number of anilines is 1. The van der Waals surface area contributed by atoms with Gasteiger partial charge < -0.3 is 21.4 Å². The number of pyridine rings is 1. The van der Waals surface area contributed by atoms with Gasteiger partial charge in [0.25, 0.3) is 11.8 Å². The second-order valence-corrected chi connectivity index (χ2v) is 6.89. The number of H-pyrrole nitrogens is 1. The SMILES string of the molecule is NC(=O)c1ccc(C(=O)NCc2cccc(NC(=O)c3ccc4cc[nH]c4n3)c2)cc1. The maximum Gasteiger partial charge on any atom is 0.274 e. The van der Waals surface area contributed by atoms with Crippen LogP contribution >= 0.6 is 0 Å². The number of hydrogen-bond acceptors (Lipinski definition) is 4. The zero-order valence-corrected chi connectivity index (χ0v) is 16.4. The van der Waals surface area contributed by atoms with Gasteiger partial charge in [-0.2, -0.15) is 0 Å². The molecule has 2 heterocycles. The molecule has 0 bridgehead atoms. The molecule has 0 radical (unpaired) electrons. The predicted molar refractivity (Wildman–Crippen MR) is 117 cm³/mol. The molecular weight excluding hydrogens is 394 g/mol. The number of aromatic amines is 1. The van der Waals surface area contributed by atoms with Gasteiger partial charge in [0.15, 0.2) is 0 Å². The number of carbonyl (C=O) groups is 3. The lowest BCUT2D eigenvalue weighted by atomic mass is 10.1. The van der Waals surface area contributed by atoms with Gasteiger partial charge in [0.05, 0.1) is 0 Å². The minimum atomic E-state index is -0.547. The third kappa shape index (κ3) is 4.59. The maximum atomic E-state index is 12.5. The summed E-state index contributed by atoms with van der Waals surface area (Å²) in [6, 6.07) is 18.6. The molecule has 5 N–H and O–H groups in total. The van der Waals surface area contributed by atoms with Crippen molar-refractivity contribution >= 4 is 34.4 Å². The third-order valence-electron chi connectivity index (χ3n) is 4.71. The molecule has 0 aliphatic heterocycles. The summed E-state index contributed by atoms with van der Waals surface area (Å²) in [6.07, 6.45) is 1.77. The number of nitrogens with one attached hydrogen (secondary N) is 3. The molecule has 0 fully saturated rings. The fourth-order valence-corrected chi connectivity index (χ4v) is 3.08. The van der Waals surface area contributed by atoms with E-state index < -0.39 is 5.91 Å². The van der Waals surface area contributed by atoms with Gasteiger partial charge in [-0.3, -0.25) is 14.4 Å². The molecule has 0 aliphatic carbocycles. The van der Waals surface area contributed by atoms with E-state index in [0.29, 0.717) is 28.2 Å². The highest BCUT2D eigenvalue weighted by molar-refractivity contribution is 6.04. The van der Waals surface area contributed by atoms with Crippen LogP contribution in [0.4, 0.5) is 5.69 Å². The van der Waals surface area contributed by atoms with Crippen LogP contribution in [0.1, 0.15) is 36.8 Å². The van der Waals surface area contributed by atoms with Crippen LogP contribution < -0.4 is 16.4 Å². The molecule has 0 spiro atoms. The van der Waals surface area contributed by atoms with Crippen LogP contribution in [0.2, 0.25) is 0 Å². The Hall–Kier alpha value is -4.46. The molecular formula is C23H19N5O3. The van der Waals surface area contributed by atoms with Crippen molar-refractivity contribution in [3.05, 3.63) is 95.3 Å². The molecule has 8 nitrogen and oxygen atoms in total. The number of amides is 3. The molecule has 4 rings (SSSR count). The van der Waals surface area contributed by atoms with Crippen molar-refractivity contribution in [2.45, 2.75) is 6.54 Å². The fraction of sp³-hybridized carbons (Fsp3) is 0.0435. The van der Waals surface area contributed by atoms with Gasteiger partial charge in [-0.15, -0.1) is 0 Å². The lowest BCUT2D eigenvalue weighted by molar-refractivity contribution is 0.0947. The Labute approximate surface area is 177 Å². The van der Waals surface area contributed by atoms with Crippen molar-refractivity contribution in [1.29, 1.82) is 0 Å². The van der Waals surface area contributed by atoms with Gasteiger partial charge in [0.2, 0.25) is 5.91 Å². The molecule has 0 saturated carbocycles. The van der Waals surface area contributed by atoms with Crippen LogP contribution in [-0.4, -0.2) is 27.7 Å². The number of nitrogens with zero attached hydrogens (tertiary/aromatic N) is 1. The minimum absolute atomic E-state index is 0.271. The lowest BCUT2D eigenvalue weighted by Crippen LogP contribution is -2.23. The van der Waals surface area contributed by atoms with Crippen LogP contribution in [0.3, 0.4) is 0 Å². The summed E-state index contributed by atoms with van der Waals surface area (Å²) in [5.74, 6) is -1.16. The van der Waals surface area contributed by atoms with E-state index in [0.717, 1.165) is 10.9 Å². The van der Waals surface area contributed by atoms with E-state index >= 15 is 0 Å². The predicted octanol–water partition coefficient (Wildman–Crippen LogP) is 2.84. The number of carbonyl (C=O) groups excluding carboxylic acids is 3. The lowest BCUT2D eigenvalue weighted by Gasteiger charge is -2.09. The highest BCUT2D eigenvalue weighted by Crippen LogP contribution is 2.14. The standard InChI is InChI=1S/C23H19N5O3/c24-20(29)15-4-6-17(7-5-15)22(30)26-13-14-2-1-3-18(12-14)27-23(31)19-9-8-16-10-11-25-21(16)28-19/h1-12H,13H2,(H2,24,29)(H,25,28)(H,26,30)(H,27,31). The maximum absolute atomic E-state index is 12.5. The van der Waals surface area contributed by atoms with Gasteiger partial charge >= 0.3 is 0 Å². The van der Waals surface area contributed by atoms with Gasteiger partial charge in [-0.1, -0.05) is 12.1 Å². The number of nitrogens with two attached hydrogens (primary N) is 1. The van der Waals surface area contributed by atoms with Gasteiger partial charge in [-0.05, 0) is 60.2 Å². The Morgan fingerprint density at radius 3 is 2.45 bits per heavy atom. The van der Waals surface area contributed by atoms with Gasteiger partial charge in [-0.25, -0.2) is 4.98 Å². The van der Waals surface area contributed by atoms with Crippen molar-refractivity contribution in [3.63, 3.8) is 0 Å². The first kappa shape index (κ1) is 19.8. The van der Waals surface area contributed by atoms with E-state index in [1.54, 1.807) is 42.6 Å². The zero-order chi connectivity index (χ0) is 21.8. The van der Waals surface area contributed by atoms with Crippen molar-refractivity contribution < 1.29 is 14.4 Å². The zero-order valence-electron chi connectivity index (χ0n) is 16.4. The Bertz CT molecular complexity index is 1280. The first-order chi connectivity index (χ1) is 15.0. The average Bonchev–Trinajstić information content (AvgIpc) is 3.25. The summed E-state index contributed by atoms with van der Waals surface area (Å²) in [6.45, 7) is 0.271. The van der Waals surface area contributed by atoms with Gasteiger partial charge in [0, 0.05) is 34.9 Å². The monoisotopic (exact) mass is 413 g/mol. The summed E-state index contributed by atoms with van der Waals surface area (Å²) >= 11 is 0. The van der Waals surface area contributed by atoms with E-state index in [9.17, 15) is 14.4 Å². The van der Waals surface area contributed by atoms with Crippen LogP contribution in [0.25, 0.3) is 11.0 Å². The van der Waals surface area contributed by atoms with Gasteiger partial charge in [0.1, 0.15) is 11.3 Å². The molecule has 4 aromatic rings. The topological polar surface area (TPSA) is 130 Å². The van der Waals surface area contributed by atoms with E-state index in [4.69, 9.17) is 5.73 Å². The molecule has 31 heavy (non-hydrogen) atoms. The van der Waals surface area contributed by atoms with Crippen LogP contribution in [0.5, 0.6) is 0 Å². The third-order valence-corrected chi connectivity index (χ3v) is 4.71. The Balaban J connectivity index is 1.39. The molecule has 3 amide bonds. The van der Waals surface area contributed by atoms with Crippen molar-refractivity contribution in [2.24, 2.45) is 5.73 Å². The number of fused-ring (bicyclic) bond motifs is 1. The first-order valence-corrected chi connectivity index (χ1v) is 9.52. The number of hydrogen-bond donors (Lipinski definition) is 4. The number of aromatic nitrogens is 2. The number of benzene rings is 2. The highest BCUT2D eigenvalue weighted by atomic mass is 16.2. The fourth-order valence-electron chi connectivity index (χ4n) is 3.08. The van der Waals surface area contributed by atoms with Crippen LogP contribution in [-0.2, 0) is 6.54 Å². The van der Waals surface area contributed by atoms with Crippen LogP contribution in [0, 0.1) is 0 Å². The molecule has 0 saturated heterocycles. The van der Waals surface area contributed by atoms with Crippen molar-refractivity contribution in [3.8, 4) is 0 Å². The Kier molecular flexibility index (Phi) is 5.44. The summed E-state index contributed by atoms with van der Waals surface area (Å²) in [4.78, 5) is 43.3.